The fraction of sp³-hybridized carbons (Fsp3) is 0.417. The Morgan fingerprint density at radius 2 is 1.97 bits per heavy atom. The van der Waals surface area contributed by atoms with Crippen molar-refractivity contribution in [2.75, 3.05) is 13.7 Å². The zero-order valence-corrected chi connectivity index (χ0v) is 20.3. The molecule has 1 aliphatic heterocycles. The van der Waals surface area contributed by atoms with E-state index in [-0.39, 0.29) is 17.6 Å². The third kappa shape index (κ3) is 4.03. The van der Waals surface area contributed by atoms with Crippen LogP contribution in [-0.2, 0) is 13.2 Å². The monoisotopic (exact) mass is 513 g/mol. The number of aryl methyl sites for hydroxylation is 1. The van der Waals surface area contributed by atoms with Crippen molar-refractivity contribution in [2.24, 2.45) is 13.0 Å². The lowest BCUT2D eigenvalue weighted by atomic mass is 9.71. The molecule has 0 spiro atoms. The first kappa shape index (κ1) is 23.8. The number of imidazole rings is 1. The molecule has 1 aliphatic carbocycles. The maximum Gasteiger partial charge on any atom is 0.418 e. The van der Waals surface area contributed by atoms with Crippen LogP contribution in [0.15, 0.2) is 47.5 Å². The lowest BCUT2D eigenvalue weighted by molar-refractivity contribution is -0.136. The summed E-state index contributed by atoms with van der Waals surface area (Å²) in [5.74, 6) is 0.989. The molecule has 10 nitrogen and oxygen atoms in total. The number of aromatic nitrogens is 6. The van der Waals surface area contributed by atoms with Gasteiger partial charge in [0.1, 0.15) is 0 Å². The number of rotatable bonds is 5. The van der Waals surface area contributed by atoms with Gasteiger partial charge in [0.25, 0.3) is 0 Å². The van der Waals surface area contributed by atoms with E-state index in [1.165, 1.54) is 27.7 Å². The molecule has 2 N–H and O–H groups in total. The SMILES string of the molecule is CN1CNNC1[C@H](c1cc(-c2nnnn2C)cc(-n2cc3c(C(F)(F)F)cccn3c2=O)c1)C1CCC1. The van der Waals surface area contributed by atoms with E-state index in [0.717, 1.165) is 35.3 Å². The number of nitrogens with zero attached hydrogens (tertiary/aromatic N) is 7. The second kappa shape index (κ2) is 8.78. The molecular weight excluding hydrogens is 487 g/mol. The standard InChI is InChI=1S/C24H26F3N9O/c1-33-13-28-29-22(33)20(14-5-3-6-14)15-9-16(21-30-31-32-34(21)2)11-17(10-15)36-12-19-18(24(25,26)27)7-4-8-35(19)23(36)37/h4,7-12,14,20,22,28-29H,3,5-6,13H2,1-2H3/t20-,22?/m0/s1. The Morgan fingerprint density at radius 3 is 2.59 bits per heavy atom. The quantitative estimate of drug-likeness (QED) is 0.423. The Bertz CT molecular complexity index is 1520. The van der Waals surface area contributed by atoms with Gasteiger partial charge in [-0.3, -0.25) is 13.9 Å². The van der Waals surface area contributed by atoms with Gasteiger partial charge in [-0.05, 0) is 72.1 Å². The van der Waals surface area contributed by atoms with E-state index >= 15 is 0 Å². The van der Waals surface area contributed by atoms with Crippen molar-refractivity contribution in [3.63, 3.8) is 0 Å². The minimum absolute atomic E-state index is 0.00712. The molecule has 1 saturated heterocycles. The molecule has 3 aromatic heterocycles. The second-order valence-electron chi connectivity index (χ2n) is 9.79. The molecule has 2 aliphatic rings. The van der Waals surface area contributed by atoms with Crippen LogP contribution in [0.5, 0.6) is 0 Å². The van der Waals surface area contributed by atoms with Crippen LogP contribution >= 0.6 is 0 Å². The first-order chi connectivity index (χ1) is 17.7. The normalized spacial score (nSPS) is 20.0. The van der Waals surface area contributed by atoms with E-state index in [1.807, 2.05) is 19.2 Å². The number of tetrazole rings is 1. The summed E-state index contributed by atoms with van der Waals surface area (Å²) < 4.78 is 44.9. The molecule has 194 valence electrons. The van der Waals surface area contributed by atoms with Crippen molar-refractivity contribution >= 4 is 5.52 Å². The topological polar surface area (TPSA) is 97.3 Å². The molecular formula is C24H26F3N9O. The van der Waals surface area contributed by atoms with Crippen LogP contribution in [0.4, 0.5) is 13.2 Å². The van der Waals surface area contributed by atoms with Gasteiger partial charge < -0.3 is 0 Å². The average molecular weight is 514 g/mol. The largest absolute Gasteiger partial charge is 0.418 e. The van der Waals surface area contributed by atoms with Gasteiger partial charge in [-0.25, -0.2) is 20.3 Å². The highest BCUT2D eigenvalue weighted by molar-refractivity contribution is 5.63. The number of hydrogen-bond donors (Lipinski definition) is 2. The molecule has 0 radical (unpaired) electrons. The fourth-order valence-corrected chi connectivity index (χ4v) is 5.47. The summed E-state index contributed by atoms with van der Waals surface area (Å²) >= 11 is 0. The van der Waals surface area contributed by atoms with E-state index < -0.39 is 17.4 Å². The predicted octanol–water partition coefficient (Wildman–Crippen LogP) is 2.51. The van der Waals surface area contributed by atoms with Crippen molar-refractivity contribution in [3.8, 4) is 17.1 Å². The fourth-order valence-electron chi connectivity index (χ4n) is 5.47. The van der Waals surface area contributed by atoms with E-state index in [4.69, 9.17) is 0 Å². The number of benzene rings is 1. The molecule has 0 bridgehead atoms. The Labute approximate surface area is 209 Å². The summed E-state index contributed by atoms with van der Waals surface area (Å²) in [5, 5.41) is 11.8. The van der Waals surface area contributed by atoms with Crippen LogP contribution < -0.4 is 16.5 Å². The second-order valence-corrected chi connectivity index (χ2v) is 9.79. The van der Waals surface area contributed by atoms with Crippen LogP contribution in [0.1, 0.15) is 36.3 Å². The molecule has 4 aromatic rings. The van der Waals surface area contributed by atoms with Crippen molar-refractivity contribution in [1.82, 2.24) is 44.9 Å². The summed E-state index contributed by atoms with van der Waals surface area (Å²) in [6.07, 6.45) is 1.31. The maximum absolute atomic E-state index is 13.7. The van der Waals surface area contributed by atoms with Crippen molar-refractivity contribution < 1.29 is 13.2 Å². The zero-order chi connectivity index (χ0) is 25.9. The highest BCUT2D eigenvalue weighted by Gasteiger charge is 2.39. The molecule has 4 heterocycles. The van der Waals surface area contributed by atoms with Gasteiger partial charge in [0, 0.05) is 30.9 Å². The van der Waals surface area contributed by atoms with Crippen molar-refractivity contribution in [1.29, 1.82) is 0 Å². The van der Waals surface area contributed by atoms with E-state index in [1.54, 1.807) is 13.1 Å². The van der Waals surface area contributed by atoms with Gasteiger partial charge in [-0.15, -0.1) is 5.10 Å². The number of alkyl halides is 3. The molecule has 13 heteroatoms. The van der Waals surface area contributed by atoms with Crippen molar-refractivity contribution in [2.45, 2.75) is 37.5 Å². The minimum Gasteiger partial charge on any atom is -0.276 e. The van der Waals surface area contributed by atoms with Crippen LogP contribution in [0, 0.1) is 5.92 Å². The minimum atomic E-state index is -4.59. The Kier molecular flexibility index (Phi) is 5.66. The summed E-state index contributed by atoms with van der Waals surface area (Å²) in [4.78, 5) is 15.5. The number of hydrazine groups is 1. The van der Waals surface area contributed by atoms with Crippen LogP contribution in [0.2, 0.25) is 0 Å². The Morgan fingerprint density at radius 1 is 1.16 bits per heavy atom. The van der Waals surface area contributed by atoms with Gasteiger partial charge >= 0.3 is 11.9 Å². The molecule has 2 fully saturated rings. The summed E-state index contributed by atoms with van der Waals surface area (Å²) in [6, 6.07) is 7.88. The lowest BCUT2D eigenvalue weighted by Gasteiger charge is -2.39. The molecule has 0 amide bonds. The molecule has 1 unspecified atom stereocenters. The summed E-state index contributed by atoms with van der Waals surface area (Å²) in [7, 11) is 3.75. The number of hydrogen-bond acceptors (Lipinski definition) is 7. The van der Waals surface area contributed by atoms with Gasteiger partial charge in [0.15, 0.2) is 5.82 Å². The number of pyridine rings is 1. The van der Waals surface area contributed by atoms with Crippen molar-refractivity contribution in [3.05, 3.63) is 64.3 Å². The van der Waals surface area contributed by atoms with E-state index in [9.17, 15) is 18.0 Å². The van der Waals surface area contributed by atoms with Gasteiger partial charge in [0.05, 0.1) is 29.6 Å². The number of nitrogens with one attached hydrogen (secondary N) is 2. The van der Waals surface area contributed by atoms with E-state index in [0.29, 0.717) is 29.7 Å². The Hall–Kier alpha value is -3.55. The smallest absolute Gasteiger partial charge is 0.276 e. The third-order valence-electron chi connectivity index (χ3n) is 7.54. The number of likely N-dealkylation sites (N-methyl/N-ethyl adjacent to an activating group) is 1. The van der Waals surface area contributed by atoms with Gasteiger partial charge in [-0.1, -0.05) is 6.42 Å². The lowest BCUT2D eigenvalue weighted by Crippen LogP contribution is -2.44. The molecule has 6 rings (SSSR count). The van der Waals surface area contributed by atoms with E-state index in [2.05, 4.69) is 31.3 Å². The number of halogens is 3. The first-order valence-corrected chi connectivity index (χ1v) is 12.1. The maximum atomic E-state index is 13.7. The number of fused-ring (bicyclic) bond motifs is 1. The molecule has 1 aromatic carbocycles. The first-order valence-electron chi connectivity index (χ1n) is 12.1. The van der Waals surface area contributed by atoms with Gasteiger partial charge in [-0.2, -0.15) is 13.2 Å². The molecule has 1 saturated carbocycles. The van der Waals surface area contributed by atoms with Crippen LogP contribution in [-0.4, -0.2) is 54.0 Å². The summed E-state index contributed by atoms with van der Waals surface area (Å²) in [5.41, 5.74) is 7.00. The van der Waals surface area contributed by atoms with Gasteiger partial charge in [0.2, 0.25) is 0 Å². The highest BCUT2D eigenvalue weighted by Crippen LogP contribution is 2.43. The summed E-state index contributed by atoms with van der Waals surface area (Å²) in [6.45, 7) is 0.679. The van der Waals surface area contributed by atoms with Crippen LogP contribution in [0.3, 0.4) is 0 Å². The highest BCUT2D eigenvalue weighted by atomic mass is 19.4. The zero-order valence-electron chi connectivity index (χ0n) is 20.3. The molecule has 2 atom stereocenters. The third-order valence-corrected chi connectivity index (χ3v) is 7.54. The van der Waals surface area contributed by atoms with Crippen LogP contribution in [0.25, 0.3) is 22.6 Å². The average Bonchev–Trinajstić information content (AvgIpc) is 3.54. The Balaban J connectivity index is 1.57. The predicted molar refractivity (Wildman–Crippen MR) is 129 cm³/mol. The molecule has 37 heavy (non-hydrogen) atoms.